The third-order valence-corrected chi connectivity index (χ3v) is 4.24. The lowest BCUT2D eigenvalue weighted by molar-refractivity contribution is 0.632. The van der Waals surface area contributed by atoms with Gasteiger partial charge in [0.25, 0.3) is 0 Å². The highest BCUT2D eigenvalue weighted by atomic mass is 79.9. The third kappa shape index (κ3) is 2.26. The Hall–Kier alpha value is -2.32. The number of halogens is 1. The summed E-state index contributed by atoms with van der Waals surface area (Å²) >= 11 is 3.56. The zero-order chi connectivity index (χ0) is 14.9. The monoisotopic (exact) mass is 348 g/mol. The molecule has 0 bridgehead atoms. The first-order valence-electron chi connectivity index (χ1n) is 7.16. The summed E-state index contributed by atoms with van der Waals surface area (Å²) in [6, 6.07) is 26.8. The van der Waals surface area contributed by atoms with E-state index in [-0.39, 0.29) is 0 Å². The van der Waals surface area contributed by atoms with E-state index in [9.17, 15) is 0 Å². The molecule has 3 aromatic carbocycles. The maximum Gasteiger partial charge on any atom is 0.143 e. The van der Waals surface area contributed by atoms with Crippen LogP contribution in [0.25, 0.3) is 33.4 Å². The van der Waals surface area contributed by atoms with Gasteiger partial charge in [-0.3, -0.25) is 0 Å². The van der Waals surface area contributed by atoms with Gasteiger partial charge in [0, 0.05) is 21.0 Å². The summed E-state index contributed by atoms with van der Waals surface area (Å²) < 4.78 is 7.23. The highest BCUT2D eigenvalue weighted by Gasteiger charge is 2.17. The maximum atomic E-state index is 6.16. The second kappa shape index (κ2) is 5.47. The Labute approximate surface area is 137 Å². The summed E-state index contributed by atoms with van der Waals surface area (Å²) in [5.74, 6) is 0.917. The lowest BCUT2D eigenvalue weighted by Crippen LogP contribution is -1.81. The van der Waals surface area contributed by atoms with Crippen LogP contribution < -0.4 is 0 Å². The van der Waals surface area contributed by atoms with Gasteiger partial charge in [-0.15, -0.1) is 0 Å². The summed E-state index contributed by atoms with van der Waals surface area (Å²) in [5, 5.41) is 1.14. The van der Waals surface area contributed by atoms with Crippen molar-refractivity contribution in [1.82, 2.24) is 0 Å². The van der Waals surface area contributed by atoms with E-state index in [2.05, 4.69) is 52.3 Å². The Bertz CT molecular complexity index is 938. The van der Waals surface area contributed by atoms with Gasteiger partial charge in [0.15, 0.2) is 0 Å². The van der Waals surface area contributed by atoms with Crippen molar-refractivity contribution >= 4 is 26.9 Å². The normalized spacial score (nSPS) is 11.0. The molecule has 0 aliphatic carbocycles. The molecule has 1 heterocycles. The number of fused-ring (bicyclic) bond motifs is 1. The highest BCUT2D eigenvalue weighted by Crippen LogP contribution is 2.41. The Kier molecular flexibility index (Phi) is 3.32. The van der Waals surface area contributed by atoms with Crippen LogP contribution in [0.4, 0.5) is 0 Å². The zero-order valence-electron chi connectivity index (χ0n) is 11.8. The fourth-order valence-electron chi connectivity index (χ4n) is 2.77. The minimum Gasteiger partial charge on any atom is -0.455 e. The molecule has 0 fully saturated rings. The van der Waals surface area contributed by atoms with Crippen LogP contribution in [0.5, 0.6) is 0 Å². The van der Waals surface area contributed by atoms with Gasteiger partial charge < -0.3 is 4.42 Å². The fraction of sp³-hybridized carbons (Fsp3) is 0. The van der Waals surface area contributed by atoms with Crippen LogP contribution in [0.15, 0.2) is 87.8 Å². The summed E-state index contributed by atoms with van der Waals surface area (Å²) in [4.78, 5) is 0. The van der Waals surface area contributed by atoms with Crippen molar-refractivity contribution in [3.8, 4) is 22.5 Å². The molecule has 2 heteroatoms. The Balaban J connectivity index is 2.07. The molecule has 0 aliphatic rings. The van der Waals surface area contributed by atoms with E-state index in [1.165, 1.54) is 0 Å². The number of rotatable bonds is 2. The van der Waals surface area contributed by atoms with Crippen LogP contribution in [-0.4, -0.2) is 0 Å². The zero-order valence-corrected chi connectivity index (χ0v) is 13.4. The van der Waals surface area contributed by atoms with Crippen LogP contribution >= 0.6 is 15.9 Å². The molecule has 0 saturated heterocycles. The number of furan rings is 1. The minimum atomic E-state index is 0.913. The molecule has 0 aliphatic heterocycles. The smallest absolute Gasteiger partial charge is 0.143 e. The van der Waals surface area contributed by atoms with Gasteiger partial charge in [-0.2, -0.15) is 0 Å². The molecule has 4 aromatic rings. The molecular formula is C20H13BrO. The van der Waals surface area contributed by atoms with Crippen molar-refractivity contribution in [3.63, 3.8) is 0 Å². The third-order valence-electron chi connectivity index (χ3n) is 3.74. The predicted octanol–water partition coefficient (Wildman–Crippen LogP) is 6.53. The Morgan fingerprint density at radius 3 is 2.23 bits per heavy atom. The minimum absolute atomic E-state index is 0.913. The molecule has 22 heavy (non-hydrogen) atoms. The Morgan fingerprint density at radius 1 is 0.682 bits per heavy atom. The van der Waals surface area contributed by atoms with E-state index >= 15 is 0 Å². The lowest BCUT2D eigenvalue weighted by Gasteiger charge is -2.04. The quantitative estimate of drug-likeness (QED) is 0.401. The van der Waals surface area contributed by atoms with Crippen LogP contribution in [0.2, 0.25) is 0 Å². The predicted molar refractivity (Wildman–Crippen MR) is 94.8 cm³/mol. The molecule has 1 nitrogen and oxygen atoms in total. The first-order chi connectivity index (χ1) is 10.8. The van der Waals surface area contributed by atoms with E-state index < -0.39 is 0 Å². The maximum absolute atomic E-state index is 6.16. The number of para-hydroxylation sites is 1. The topological polar surface area (TPSA) is 13.1 Å². The molecule has 0 spiro atoms. The van der Waals surface area contributed by atoms with Crippen LogP contribution in [0.1, 0.15) is 0 Å². The van der Waals surface area contributed by atoms with Gasteiger partial charge in [-0.25, -0.2) is 0 Å². The lowest BCUT2D eigenvalue weighted by atomic mass is 9.99. The van der Waals surface area contributed by atoms with E-state index in [1.807, 2.05) is 42.5 Å². The van der Waals surface area contributed by atoms with Gasteiger partial charge in [0.05, 0.1) is 0 Å². The standard InChI is InChI=1S/C20H13BrO/c21-16-10-6-9-15(13-16)19-17-11-4-5-12-18(17)22-20(19)14-7-2-1-3-8-14/h1-13H. The van der Waals surface area contributed by atoms with Crippen molar-refractivity contribution in [2.45, 2.75) is 0 Å². The highest BCUT2D eigenvalue weighted by molar-refractivity contribution is 9.10. The van der Waals surface area contributed by atoms with Gasteiger partial charge in [0.2, 0.25) is 0 Å². The molecule has 0 saturated carbocycles. The molecule has 1 aromatic heterocycles. The number of benzene rings is 3. The van der Waals surface area contributed by atoms with Gasteiger partial charge >= 0.3 is 0 Å². The van der Waals surface area contributed by atoms with Gasteiger partial charge in [-0.1, -0.05) is 76.6 Å². The molecule has 0 N–H and O–H groups in total. The van der Waals surface area contributed by atoms with E-state index in [4.69, 9.17) is 4.42 Å². The number of hydrogen-bond donors (Lipinski definition) is 0. The molecule has 0 radical (unpaired) electrons. The van der Waals surface area contributed by atoms with Crippen molar-refractivity contribution in [2.75, 3.05) is 0 Å². The van der Waals surface area contributed by atoms with E-state index in [0.29, 0.717) is 0 Å². The summed E-state index contributed by atoms with van der Waals surface area (Å²) in [6.07, 6.45) is 0. The molecular weight excluding hydrogens is 336 g/mol. The van der Waals surface area contributed by atoms with Gasteiger partial charge in [0.1, 0.15) is 11.3 Å². The summed E-state index contributed by atoms with van der Waals surface area (Å²) in [6.45, 7) is 0. The summed E-state index contributed by atoms with van der Waals surface area (Å²) in [5.41, 5.74) is 4.30. The van der Waals surface area contributed by atoms with E-state index in [1.54, 1.807) is 0 Å². The largest absolute Gasteiger partial charge is 0.455 e. The molecule has 0 amide bonds. The molecule has 0 atom stereocenters. The fourth-order valence-corrected chi connectivity index (χ4v) is 3.17. The average Bonchev–Trinajstić information content (AvgIpc) is 2.95. The molecule has 4 rings (SSSR count). The van der Waals surface area contributed by atoms with Crippen LogP contribution in [0.3, 0.4) is 0 Å². The first kappa shape index (κ1) is 13.4. The summed E-state index contributed by atoms with van der Waals surface area (Å²) in [7, 11) is 0. The SMILES string of the molecule is Brc1cccc(-c2c(-c3ccccc3)oc3ccccc23)c1. The molecule has 0 unspecified atom stereocenters. The molecule has 106 valence electrons. The Morgan fingerprint density at radius 2 is 1.41 bits per heavy atom. The van der Waals surface area contributed by atoms with E-state index in [0.717, 1.165) is 37.9 Å². The van der Waals surface area contributed by atoms with Crippen molar-refractivity contribution in [2.24, 2.45) is 0 Å². The van der Waals surface area contributed by atoms with Crippen LogP contribution in [-0.2, 0) is 0 Å². The van der Waals surface area contributed by atoms with Crippen molar-refractivity contribution in [3.05, 3.63) is 83.3 Å². The van der Waals surface area contributed by atoms with Crippen molar-refractivity contribution in [1.29, 1.82) is 0 Å². The number of hydrogen-bond acceptors (Lipinski definition) is 1. The first-order valence-corrected chi connectivity index (χ1v) is 7.95. The van der Waals surface area contributed by atoms with Crippen LogP contribution in [0, 0.1) is 0 Å². The van der Waals surface area contributed by atoms with Crippen molar-refractivity contribution < 1.29 is 4.42 Å². The second-order valence-electron chi connectivity index (χ2n) is 5.18. The average molecular weight is 349 g/mol. The second-order valence-corrected chi connectivity index (χ2v) is 6.09. The van der Waals surface area contributed by atoms with Gasteiger partial charge in [-0.05, 0) is 23.8 Å².